The van der Waals surface area contributed by atoms with Crippen molar-refractivity contribution in [2.45, 2.75) is 38.1 Å². The highest BCUT2D eigenvalue weighted by molar-refractivity contribution is 5.79. The average Bonchev–Trinajstić information content (AvgIpc) is 2.98. The van der Waals surface area contributed by atoms with Gasteiger partial charge in [0.15, 0.2) is 0 Å². The molecule has 1 aromatic carbocycles. The van der Waals surface area contributed by atoms with Crippen LogP contribution in [0.15, 0.2) is 24.3 Å². The molecule has 20 heavy (non-hydrogen) atoms. The average molecular weight is 272 g/mol. The largest absolute Gasteiger partial charge is 0.497 e. The number of rotatable bonds is 5. The first-order chi connectivity index (χ1) is 9.74. The molecule has 0 N–H and O–H groups in total. The Hall–Kier alpha value is -2.02. The van der Waals surface area contributed by atoms with Crippen LogP contribution < -0.4 is 4.74 Å². The molecular formula is C16H20N2O2. The first-order valence-electron chi connectivity index (χ1n) is 7.04. The molecule has 1 aliphatic rings. The first-order valence-corrected chi connectivity index (χ1v) is 7.04. The molecule has 1 aliphatic carbocycles. The van der Waals surface area contributed by atoms with E-state index in [2.05, 4.69) is 6.07 Å². The molecule has 4 nitrogen and oxygen atoms in total. The summed E-state index contributed by atoms with van der Waals surface area (Å²) in [6.07, 6.45) is 4.67. The lowest BCUT2D eigenvalue weighted by Crippen LogP contribution is -2.40. The molecular weight excluding hydrogens is 252 g/mol. The molecule has 0 saturated heterocycles. The highest BCUT2D eigenvalue weighted by Gasteiger charge is 2.26. The molecule has 4 heteroatoms. The molecule has 1 fully saturated rings. The summed E-state index contributed by atoms with van der Waals surface area (Å²) in [7, 11) is 1.61. The predicted molar refractivity (Wildman–Crippen MR) is 76.3 cm³/mol. The van der Waals surface area contributed by atoms with Gasteiger partial charge in [-0.05, 0) is 30.5 Å². The molecule has 0 unspecified atom stereocenters. The van der Waals surface area contributed by atoms with E-state index < -0.39 is 0 Å². The predicted octanol–water partition coefficient (Wildman–Crippen LogP) is 2.53. The van der Waals surface area contributed by atoms with Crippen molar-refractivity contribution in [1.82, 2.24) is 4.90 Å². The van der Waals surface area contributed by atoms with Crippen LogP contribution in [0.2, 0.25) is 0 Å². The van der Waals surface area contributed by atoms with Crippen LogP contribution in [-0.2, 0) is 11.2 Å². The number of hydrogen-bond acceptors (Lipinski definition) is 3. The normalized spacial score (nSPS) is 14.8. The second kappa shape index (κ2) is 6.95. The van der Waals surface area contributed by atoms with Crippen molar-refractivity contribution in [3.05, 3.63) is 29.8 Å². The van der Waals surface area contributed by atoms with Gasteiger partial charge in [0, 0.05) is 6.04 Å². The summed E-state index contributed by atoms with van der Waals surface area (Å²) in [4.78, 5) is 14.2. The van der Waals surface area contributed by atoms with Crippen LogP contribution in [0.4, 0.5) is 0 Å². The Kier molecular flexibility index (Phi) is 5.00. The summed E-state index contributed by atoms with van der Waals surface area (Å²) in [5, 5.41) is 8.93. The van der Waals surface area contributed by atoms with Crippen molar-refractivity contribution in [2.75, 3.05) is 13.7 Å². The van der Waals surface area contributed by atoms with E-state index in [1.54, 1.807) is 12.0 Å². The lowest BCUT2D eigenvalue weighted by atomic mass is 10.1. The van der Waals surface area contributed by atoms with Crippen LogP contribution in [0.1, 0.15) is 31.2 Å². The molecule has 1 aromatic rings. The first kappa shape index (κ1) is 14.4. The van der Waals surface area contributed by atoms with Crippen LogP contribution in [0.25, 0.3) is 0 Å². The van der Waals surface area contributed by atoms with Crippen LogP contribution in [0.3, 0.4) is 0 Å². The quantitative estimate of drug-likeness (QED) is 0.774. The van der Waals surface area contributed by atoms with Gasteiger partial charge >= 0.3 is 0 Å². The zero-order chi connectivity index (χ0) is 14.4. The van der Waals surface area contributed by atoms with Crippen molar-refractivity contribution >= 4 is 5.91 Å². The van der Waals surface area contributed by atoms with E-state index >= 15 is 0 Å². The molecule has 0 bridgehead atoms. The highest BCUT2D eigenvalue weighted by Crippen LogP contribution is 2.24. The molecule has 0 spiro atoms. The van der Waals surface area contributed by atoms with Gasteiger partial charge < -0.3 is 9.64 Å². The fraction of sp³-hybridized carbons (Fsp3) is 0.500. The van der Waals surface area contributed by atoms with E-state index in [0.717, 1.165) is 37.0 Å². The summed E-state index contributed by atoms with van der Waals surface area (Å²) in [5.74, 6) is 0.787. The number of methoxy groups -OCH3 is 1. The third kappa shape index (κ3) is 3.51. The monoisotopic (exact) mass is 272 g/mol. The Bertz CT molecular complexity index is 501. The van der Waals surface area contributed by atoms with Gasteiger partial charge in [0.25, 0.3) is 0 Å². The number of ether oxygens (including phenoxy) is 1. The number of nitrogens with zero attached hydrogens (tertiary/aromatic N) is 2. The second-order valence-electron chi connectivity index (χ2n) is 5.15. The topological polar surface area (TPSA) is 53.3 Å². The molecule has 0 aliphatic heterocycles. The van der Waals surface area contributed by atoms with Crippen molar-refractivity contribution in [2.24, 2.45) is 0 Å². The second-order valence-corrected chi connectivity index (χ2v) is 5.15. The zero-order valence-electron chi connectivity index (χ0n) is 11.8. The summed E-state index contributed by atoms with van der Waals surface area (Å²) < 4.78 is 5.17. The van der Waals surface area contributed by atoms with E-state index in [9.17, 15) is 4.79 Å². The Labute approximate surface area is 120 Å². The molecule has 0 heterocycles. The lowest BCUT2D eigenvalue weighted by molar-refractivity contribution is -0.132. The van der Waals surface area contributed by atoms with Crippen LogP contribution in [-0.4, -0.2) is 30.5 Å². The van der Waals surface area contributed by atoms with Crippen molar-refractivity contribution in [1.29, 1.82) is 5.26 Å². The van der Waals surface area contributed by atoms with Gasteiger partial charge in [-0.15, -0.1) is 0 Å². The number of hydrogen-bond donors (Lipinski definition) is 0. The molecule has 2 rings (SSSR count). The van der Waals surface area contributed by atoms with Gasteiger partial charge in [-0.3, -0.25) is 4.79 Å². The summed E-state index contributed by atoms with van der Waals surface area (Å²) in [6, 6.07) is 9.89. The Morgan fingerprint density at radius 3 is 2.85 bits per heavy atom. The molecule has 1 saturated carbocycles. The smallest absolute Gasteiger partial charge is 0.228 e. The minimum absolute atomic E-state index is 0.0340. The summed E-state index contributed by atoms with van der Waals surface area (Å²) in [6.45, 7) is 0.188. The van der Waals surface area contributed by atoms with Crippen LogP contribution in [0, 0.1) is 11.3 Å². The van der Waals surface area contributed by atoms with E-state index in [0.29, 0.717) is 6.42 Å². The van der Waals surface area contributed by atoms with E-state index in [-0.39, 0.29) is 18.5 Å². The fourth-order valence-electron chi connectivity index (χ4n) is 2.77. The maximum atomic E-state index is 12.4. The van der Waals surface area contributed by atoms with Crippen molar-refractivity contribution in [3.63, 3.8) is 0 Å². The number of carbonyl (C=O) groups excluding carboxylic acids is 1. The number of nitriles is 1. The van der Waals surface area contributed by atoms with E-state index in [4.69, 9.17) is 10.00 Å². The van der Waals surface area contributed by atoms with Crippen molar-refractivity contribution < 1.29 is 9.53 Å². The minimum Gasteiger partial charge on any atom is -0.497 e. The Balaban J connectivity index is 2.05. The fourth-order valence-corrected chi connectivity index (χ4v) is 2.77. The standard InChI is InChI=1S/C16H20N2O2/c1-20-15-8-4-5-13(11-15)12-16(19)18(10-9-17)14-6-2-3-7-14/h4-5,8,11,14H,2-3,6-7,10,12H2,1H3. The molecule has 106 valence electrons. The Morgan fingerprint density at radius 1 is 1.45 bits per heavy atom. The van der Waals surface area contributed by atoms with Crippen molar-refractivity contribution in [3.8, 4) is 11.8 Å². The van der Waals surface area contributed by atoms with Gasteiger partial charge in [-0.25, -0.2) is 0 Å². The summed E-state index contributed by atoms with van der Waals surface area (Å²) >= 11 is 0. The third-order valence-corrected chi connectivity index (χ3v) is 3.82. The van der Waals surface area contributed by atoms with Crippen LogP contribution >= 0.6 is 0 Å². The Morgan fingerprint density at radius 2 is 2.20 bits per heavy atom. The van der Waals surface area contributed by atoms with Crippen LogP contribution in [0.5, 0.6) is 5.75 Å². The van der Waals surface area contributed by atoms with Gasteiger partial charge in [0.1, 0.15) is 12.3 Å². The third-order valence-electron chi connectivity index (χ3n) is 3.82. The highest BCUT2D eigenvalue weighted by atomic mass is 16.5. The van der Waals surface area contributed by atoms with Gasteiger partial charge in [-0.1, -0.05) is 25.0 Å². The summed E-state index contributed by atoms with van der Waals surface area (Å²) in [5.41, 5.74) is 0.926. The number of amides is 1. The number of benzene rings is 1. The molecule has 0 aromatic heterocycles. The zero-order valence-corrected chi connectivity index (χ0v) is 11.8. The lowest BCUT2D eigenvalue weighted by Gasteiger charge is -2.26. The van der Waals surface area contributed by atoms with E-state index in [1.165, 1.54) is 0 Å². The van der Waals surface area contributed by atoms with Gasteiger partial charge in [0.05, 0.1) is 19.6 Å². The van der Waals surface area contributed by atoms with E-state index in [1.807, 2.05) is 24.3 Å². The molecule has 0 radical (unpaired) electrons. The van der Waals surface area contributed by atoms with Gasteiger partial charge in [-0.2, -0.15) is 5.26 Å². The maximum absolute atomic E-state index is 12.4. The number of carbonyl (C=O) groups is 1. The minimum atomic E-state index is 0.0340. The molecule has 1 amide bonds. The maximum Gasteiger partial charge on any atom is 0.228 e. The molecule has 0 atom stereocenters. The van der Waals surface area contributed by atoms with Gasteiger partial charge in [0.2, 0.25) is 5.91 Å². The SMILES string of the molecule is COc1cccc(CC(=O)N(CC#N)C2CCCC2)c1.